The molecule has 68 valence electrons. The third-order valence-corrected chi connectivity index (χ3v) is 1.91. The molecule has 3 nitrogen and oxygen atoms in total. The molecular weight excluding hydrogens is 150 g/mol. The van der Waals surface area contributed by atoms with Gasteiger partial charge in [-0.3, -0.25) is 5.10 Å². The van der Waals surface area contributed by atoms with Gasteiger partial charge in [-0.15, -0.1) is 0 Å². The Balaban J connectivity index is 3.08. The summed E-state index contributed by atoms with van der Waals surface area (Å²) in [6, 6.07) is 0.0537. The van der Waals surface area contributed by atoms with Crippen molar-refractivity contribution in [2.45, 2.75) is 39.2 Å². The lowest BCUT2D eigenvalue weighted by molar-refractivity contribution is 0.554. The summed E-state index contributed by atoms with van der Waals surface area (Å²) in [5.74, 6) is 0. The second kappa shape index (κ2) is 2.90. The quantitative estimate of drug-likeness (QED) is 0.669. The van der Waals surface area contributed by atoms with Crippen molar-refractivity contribution in [1.82, 2.24) is 10.2 Å². The Morgan fingerprint density at radius 1 is 1.50 bits per heavy atom. The second-order valence-corrected chi connectivity index (χ2v) is 4.24. The predicted octanol–water partition coefficient (Wildman–Crippen LogP) is 1.73. The highest BCUT2D eigenvalue weighted by Crippen LogP contribution is 2.26. The van der Waals surface area contributed by atoms with E-state index in [0.29, 0.717) is 0 Å². The number of aromatic nitrogens is 2. The van der Waals surface area contributed by atoms with E-state index in [4.69, 9.17) is 5.73 Å². The average molecular weight is 167 g/mol. The van der Waals surface area contributed by atoms with Gasteiger partial charge in [0.1, 0.15) is 0 Å². The van der Waals surface area contributed by atoms with Gasteiger partial charge in [0.05, 0.1) is 6.20 Å². The van der Waals surface area contributed by atoms with Gasteiger partial charge in [0.2, 0.25) is 0 Å². The molecule has 1 rings (SSSR count). The average Bonchev–Trinajstić information content (AvgIpc) is 2.30. The smallest absolute Gasteiger partial charge is 0.0538 e. The predicted molar refractivity (Wildman–Crippen MR) is 49.9 cm³/mol. The van der Waals surface area contributed by atoms with Gasteiger partial charge in [0.25, 0.3) is 0 Å². The molecule has 0 radical (unpaired) electrons. The van der Waals surface area contributed by atoms with Crippen molar-refractivity contribution >= 4 is 0 Å². The maximum absolute atomic E-state index is 5.80. The standard InChI is InChI=1S/C9H17N3/c1-6(10)7-5-11-12-8(7)9(2,3)4/h5-6H,10H2,1-4H3,(H,11,12)/t6-/m0/s1. The normalized spacial score (nSPS) is 14.8. The third-order valence-electron chi connectivity index (χ3n) is 1.91. The van der Waals surface area contributed by atoms with Gasteiger partial charge >= 0.3 is 0 Å². The lowest BCUT2D eigenvalue weighted by atomic mass is 9.88. The summed E-state index contributed by atoms with van der Waals surface area (Å²) in [5.41, 5.74) is 8.14. The van der Waals surface area contributed by atoms with Crippen LogP contribution in [0.1, 0.15) is 45.0 Å². The molecule has 0 fully saturated rings. The molecule has 0 aliphatic carbocycles. The highest BCUT2D eigenvalue weighted by Gasteiger charge is 2.21. The molecule has 1 aromatic heterocycles. The van der Waals surface area contributed by atoms with Crippen LogP contribution in [0.25, 0.3) is 0 Å². The third kappa shape index (κ3) is 1.67. The van der Waals surface area contributed by atoms with Crippen LogP contribution in [0.2, 0.25) is 0 Å². The maximum atomic E-state index is 5.80. The molecule has 1 aromatic rings. The highest BCUT2D eigenvalue weighted by molar-refractivity contribution is 5.25. The Labute approximate surface area is 73.4 Å². The Morgan fingerprint density at radius 2 is 2.08 bits per heavy atom. The lowest BCUT2D eigenvalue weighted by Crippen LogP contribution is -2.17. The van der Waals surface area contributed by atoms with Crippen LogP contribution in [0.5, 0.6) is 0 Å². The summed E-state index contributed by atoms with van der Waals surface area (Å²) in [7, 11) is 0. The summed E-state index contributed by atoms with van der Waals surface area (Å²) in [4.78, 5) is 0. The largest absolute Gasteiger partial charge is 0.324 e. The molecule has 0 aliphatic rings. The first-order valence-corrected chi connectivity index (χ1v) is 4.22. The molecule has 1 atom stereocenters. The van der Waals surface area contributed by atoms with Gasteiger partial charge in [-0.2, -0.15) is 5.10 Å². The first kappa shape index (κ1) is 9.26. The first-order valence-electron chi connectivity index (χ1n) is 4.22. The summed E-state index contributed by atoms with van der Waals surface area (Å²) in [5, 5.41) is 7.00. The topological polar surface area (TPSA) is 54.7 Å². The molecule has 3 N–H and O–H groups in total. The molecule has 1 heterocycles. The fraction of sp³-hybridized carbons (Fsp3) is 0.667. The molecule has 0 unspecified atom stereocenters. The molecule has 3 heteroatoms. The molecule has 0 saturated carbocycles. The van der Waals surface area contributed by atoms with E-state index in [0.717, 1.165) is 11.3 Å². The number of H-pyrrole nitrogens is 1. The van der Waals surface area contributed by atoms with Crippen molar-refractivity contribution in [3.05, 3.63) is 17.5 Å². The summed E-state index contributed by atoms with van der Waals surface area (Å²) in [6.45, 7) is 8.41. The van der Waals surface area contributed by atoms with E-state index in [1.54, 1.807) is 0 Å². The van der Waals surface area contributed by atoms with Gasteiger partial charge in [-0.1, -0.05) is 20.8 Å². The van der Waals surface area contributed by atoms with Gasteiger partial charge in [-0.25, -0.2) is 0 Å². The van der Waals surface area contributed by atoms with Crippen molar-refractivity contribution in [1.29, 1.82) is 0 Å². The van der Waals surface area contributed by atoms with Crippen molar-refractivity contribution in [3.8, 4) is 0 Å². The number of hydrogen-bond acceptors (Lipinski definition) is 2. The molecule has 0 saturated heterocycles. The molecular formula is C9H17N3. The first-order chi connectivity index (χ1) is 5.43. The zero-order valence-corrected chi connectivity index (χ0v) is 8.18. The minimum absolute atomic E-state index is 0.0537. The molecule has 0 bridgehead atoms. The minimum atomic E-state index is 0.0537. The summed E-state index contributed by atoms with van der Waals surface area (Å²) < 4.78 is 0. The highest BCUT2D eigenvalue weighted by atomic mass is 15.1. The fourth-order valence-electron chi connectivity index (χ4n) is 1.24. The van der Waals surface area contributed by atoms with Crippen molar-refractivity contribution in [2.24, 2.45) is 5.73 Å². The number of rotatable bonds is 1. The molecule has 0 amide bonds. The van der Waals surface area contributed by atoms with Gasteiger partial charge in [0, 0.05) is 22.7 Å². The van der Waals surface area contributed by atoms with E-state index >= 15 is 0 Å². The molecule has 12 heavy (non-hydrogen) atoms. The van der Waals surface area contributed by atoms with Crippen LogP contribution in [0, 0.1) is 0 Å². The zero-order valence-electron chi connectivity index (χ0n) is 8.18. The van der Waals surface area contributed by atoms with Gasteiger partial charge in [-0.05, 0) is 6.92 Å². The fourth-order valence-corrected chi connectivity index (χ4v) is 1.24. The van der Waals surface area contributed by atoms with Crippen LogP contribution in [0.4, 0.5) is 0 Å². The van der Waals surface area contributed by atoms with Crippen molar-refractivity contribution < 1.29 is 0 Å². The van der Waals surface area contributed by atoms with Crippen LogP contribution < -0.4 is 5.73 Å². The number of hydrogen-bond donors (Lipinski definition) is 2. The van der Waals surface area contributed by atoms with Crippen molar-refractivity contribution in [3.63, 3.8) is 0 Å². The molecule has 0 spiro atoms. The Bertz CT molecular complexity index is 255. The van der Waals surface area contributed by atoms with Crippen LogP contribution in [0.15, 0.2) is 6.20 Å². The lowest BCUT2D eigenvalue weighted by Gasteiger charge is -2.19. The Morgan fingerprint density at radius 3 is 2.42 bits per heavy atom. The maximum Gasteiger partial charge on any atom is 0.0538 e. The zero-order chi connectivity index (χ0) is 9.35. The molecule has 0 aliphatic heterocycles. The Hall–Kier alpha value is -0.830. The Kier molecular flexibility index (Phi) is 2.24. The summed E-state index contributed by atoms with van der Waals surface area (Å²) >= 11 is 0. The van der Waals surface area contributed by atoms with Crippen LogP contribution in [0.3, 0.4) is 0 Å². The van der Waals surface area contributed by atoms with E-state index in [9.17, 15) is 0 Å². The number of nitrogens with one attached hydrogen (secondary N) is 1. The molecule has 0 aromatic carbocycles. The van der Waals surface area contributed by atoms with E-state index in [1.165, 1.54) is 0 Å². The monoisotopic (exact) mass is 167 g/mol. The SMILES string of the molecule is C[C@H](N)c1cn[nH]c1C(C)(C)C. The van der Waals surface area contributed by atoms with Crippen LogP contribution >= 0.6 is 0 Å². The van der Waals surface area contributed by atoms with Crippen LogP contribution in [-0.4, -0.2) is 10.2 Å². The number of nitrogens with zero attached hydrogens (tertiary/aromatic N) is 1. The summed E-state index contributed by atoms with van der Waals surface area (Å²) in [6.07, 6.45) is 1.81. The van der Waals surface area contributed by atoms with E-state index in [2.05, 4.69) is 31.0 Å². The minimum Gasteiger partial charge on any atom is -0.324 e. The van der Waals surface area contributed by atoms with E-state index in [1.807, 2.05) is 13.1 Å². The number of nitrogens with two attached hydrogens (primary N) is 1. The van der Waals surface area contributed by atoms with E-state index < -0.39 is 0 Å². The van der Waals surface area contributed by atoms with Gasteiger partial charge in [0.15, 0.2) is 0 Å². The van der Waals surface area contributed by atoms with Gasteiger partial charge < -0.3 is 5.73 Å². The van der Waals surface area contributed by atoms with Crippen molar-refractivity contribution in [2.75, 3.05) is 0 Å². The van der Waals surface area contributed by atoms with E-state index in [-0.39, 0.29) is 11.5 Å². The second-order valence-electron chi connectivity index (χ2n) is 4.24. The van der Waals surface area contributed by atoms with Crippen LogP contribution in [-0.2, 0) is 5.41 Å². The number of aromatic amines is 1.